The smallest absolute Gasteiger partial charge is 0.258 e. The van der Waals surface area contributed by atoms with Crippen molar-refractivity contribution in [3.05, 3.63) is 70.3 Å². The van der Waals surface area contributed by atoms with E-state index >= 15 is 0 Å². The quantitative estimate of drug-likeness (QED) is 0.499. The molecule has 0 amide bonds. The summed E-state index contributed by atoms with van der Waals surface area (Å²) < 4.78 is 24.4. The molecule has 0 atom stereocenters. The van der Waals surface area contributed by atoms with E-state index in [0.717, 1.165) is 17.7 Å². The minimum absolute atomic E-state index is 0.0876. The van der Waals surface area contributed by atoms with Crippen molar-refractivity contribution in [1.29, 1.82) is 0 Å². The minimum Gasteiger partial charge on any atom is -0.258 e. The van der Waals surface area contributed by atoms with Crippen molar-refractivity contribution in [1.82, 2.24) is 4.83 Å². The summed E-state index contributed by atoms with van der Waals surface area (Å²) in [5, 5.41) is 14.6. The molecule has 0 spiro atoms. The largest absolute Gasteiger partial charge is 0.276 e. The molecular formula is C15H15N3O4S. The van der Waals surface area contributed by atoms with Gasteiger partial charge in [0.15, 0.2) is 0 Å². The lowest BCUT2D eigenvalue weighted by Gasteiger charge is -2.07. The van der Waals surface area contributed by atoms with E-state index in [1.165, 1.54) is 12.1 Å². The molecule has 2 aromatic rings. The minimum atomic E-state index is -3.88. The Bertz CT molecular complexity index is 816. The van der Waals surface area contributed by atoms with Gasteiger partial charge in [0.25, 0.3) is 15.7 Å². The summed E-state index contributed by atoms with van der Waals surface area (Å²) in [5.41, 5.74) is 1.24. The normalized spacial score (nSPS) is 12.0. The Hall–Kier alpha value is -2.74. The Morgan fingerprint density at radius 3 is 2.26 bits per heavy atom. The highest BCUT2D eigenvalue weighted by molar-refractivity contribution is 7.89. The van der Waals surface area contributed by atoms with Gasteiger partial charge >= 0.3 is 0 Å². The molecule has 7 nitrogen and oxygen atoms in total. The first-order valence-corrected chi connectivity index (χ1v) is 8.30. The van der Waals surface area contributed by atoms with Gasteiger partial charge in [-0.05, 0) is 24.1 Å². The van der Waals surface area contributed by atoms with Crippen LogP contribution >= 0.6 is 0 Å². The van der Waals surface area contributed by atoms with Crippen LogP contribution in [0.1, 0.15) is 18.9 Å². The third-order valence-corrected chi connectivity index (χ3v) is 4.32. The molecule has 0 heterocycles. The number of nitro groups is 1. The molecule has 23 heavy (non-hydrogen) atoms. The van der Waals surface area contributed by atoms with E-state index < -0.39 is 14.9 Å². The zero-order chi connectivity index (χ0) is 16.9. The van der Waals surface area contributed by atoms with Crippen LogP contribution in [0.25, 0.3) is 0 Å². The van der Waals surface area contributed by atoms with Gasteiger partial charge in [0.2, 0.25) is 0 Å². The zero-order valence-corrected chi connectivity index (χ0v) is 13.2. The highest BCUT2D eigenvalue weighted by atomic mass is 32.2. The Balaban J connectivity index is 2.23. The fourth-order valence-corrected chi connectivity index (χ4v) is 2.72. The summed E-state index contributed by atoms with van der Waals surface area (Å²) >= 11 is 0. The van der Waals surface area contributed by atoms with Gasteiger partial charge in [-0.25, -0.2) is 0 Å². The molecule has 0 aliphatic carbocycles. The van der Waals surface area contributed by atoms with Crippen molar-refractivity contribution < 1.29 is 13.3 Å². The Morgan fingerprint density at radius 2 is 1.74 bits per heavy atom. The van der Waals surface area contributed by atoms with Gasteiger partial charge in [-0.1, -0.05) is 37.3 Å². The van der Waals surface area contributed by atoms with E-state index in [-0.39, 0.29) is 10.6 Å². The first-order chi connectivity index (χ1) is 10.9. The molecule has 0 fully saturated rings. The molecule has 2 aromatic carbocycles. The van der Waals surface area contributed by atoms with Crippen LogP contribution in [0.15, 0.2) is 64.6 Å². The van der Waals surface area contributed by atoms with Crippen molar-refractivity contribution >= 4 is 21.4 Å². The van der Waals surface area contributed by atoms with Gasteiger partial charge < -0.3 is 0 Å². The molecule has 8 heteroatoms. The van der Waals surface area contributed by atoms with Crippen molar-refractivity contribution in [2.75, 3.05) is 0 Å². The van der Waals surface area contributed by atoms with Gasteiger partial charge in [0.05, 0.1) is 15.5 Å². The molecule has 2 rings (SSSR count). The van der Waals surface area contributed by atoms with E-state index in [2.05, 4.69) is 9.93 Å². The molecule has 1 N–H and O–H groups in total. The summed E-state index contributed by atoms with van der Waals surface area (Å²) in [6.45, 7) is 1.87. The molecule has 0 bridgehead atoms. The number of hydrogen-bond donors (Lipinski definition) is 1. The molecule has 0 saturated heterocycles. The maximum atomic E-state index is 12.2. The summed E-state index contributed by atoms with van der Waals surface area (Å²) in [6.07, 6.45) is 0.548. The van der Waals surface area contributed by atoms with Crippen molar-refractivity contribution in [3.8, 4) is 0 Å². The standard InChI is InChI=1S/C15H15N3O4S/c1-2-15(12-6-4-3-5-7-12)16-17-23(21,22)14-10-8-13(9-11-14)18(19)20/h3-11,17H,2H2,1H3/b16-15+. The summed E-state index contributed by atoms with van der Waals surface area (Å²) in [6, 6.07) is 13.8. The van der Waals surface area contributed by atoms with Gasteiger partial charge in [-0.3, -0.25) is 10.1 Å². The third-order valence-electron chi connectivity index (χ3n) is 3.10. The number of hydrazone groups is 1. The molecular weight excluding hydrogens is 318 g/mol. The number of benzene rings is 2. The molecule has 0 unspecified atom stereocenters. The lowest BCUT2D eigenvalue weighted by Crippen LogP contribution is -2.20. The van der Waals surface area contributed by atoms with Crippen molar-refractivity contribution in [2.45, 2.75) is 18.2 Å². The molecule has 0 aliphatic rings. The topological polar surface area (TPSA) is 102 Å². The molecule has 120 valence electrons. The molecule has 0 radical (unpaired) electrons. The number of nitro benzene ring substituents is 1. The van der Waals surface area contributed by atoms with Crippen LogP contribution in [0.5, 0.6) is 0 Å². The maximum absolute atomic E-state index is 12.2. The van der Waals surface area contributed by atoms with E-state index in [9.17, 15) is 18.5 Å². The molecule has 0 aromatic heterocycles. The average Bonchev–Trinajstić information content (AvgIpc) is 2.56. The second kappa shape index (κ2) is 7.01. The van der Waals surface area contributed by atoms with E-state index in [1.807, 2.05) is 37.3 Å². The fourth-order valence-electron chi connectivity index (χ4n) is 1.89. The predicted octanol–water partition coefficient (Wildman–Crippen LogP) is 2.69. The van der Waals surface area contributed by atoms with Gasteiger partial charge in [-0.15, -0.1) is 0 Å². The maximum Gasteiger partial charge on any atom is 0.276 e. The van der Waals surface area contributed by atoms with Crippen LogP contribution in [0.2, 0.25) is 0 Å². The number of non-ortho nitro benzene ring substituents is 1. The molecule has 0 saturated carbocycles. The number of sulfonamides is 1. The highest BCUT2D eigenvalue weighted by Crippen LogP contribution is 2.15. The van der Waals surface area contributed by atoms with Crippen LogP contribution in [-0.2, 0) is 10.0 Å². The number of nitrogens with zero attached hydrogens (tertiary/aromatic N) is 2. The third kappa shape index (κ3) is 4.13. The second-order valence-electron chi connectivity index (χ2n) is 4.62. The second-order valence-corrected chi connectivity index (χ2v) is 6.28. The Morgan fingerprint density at radius 1 is 1.13 bits per heavy atom. The monoisotopic (exact) mass is 333 g/mol. The van der Waals surface area contributed by atoms with Crippen LogP contribution in [0.4, 0.5) is 5.69 Å². The van der Waals surface area contributed by atoms with Gasteiger partial charge in [0.1, 0.15) is 0 Å². The number of rotatable bonds is 6. The zero-order valence-electron chi connectivity index (χ0n) is 12.3. The van der Waals surface area contributed by atoms with Gasteiger partial charge in [-0.2, -0.15) is 18.4 Å². The summed E-state index contributed by atoms with van der Waals surface area (Å²) in [7, 11) is -3.88. The lowest BCUT2D eigenvalue weighted by molar-refractivity contribution is -0.384. The fraction of sp³-hybridized carbons (Fsp3) is 0.133. The predicted molar refractivity (Wildman–Crippen MR) is 86.7 cm³/mol. The lowest BCUT2D eigenvalue weighted by atomic mass is 10.1. The SMILES string of the molecule is CC/C(=N\NS(=O)(=O)c1ccc([N+](=O)[O-])cc1)c1ccccc1. The average molecular weight is 333 g/mol. The number of nitrogens with one attached hydrogen (secondary N) is 1. The first kappa shape index (κ1) is 16.6. The summed E-state index contributed by atoms with van der Waals surface area (Å²) in [4.78, 5) is 12.1. The van der Waals surface area contributed by atoms with Crippen molar-refractivity contribution in [2.24, 2.45) is 5.10 Å². The first-order valence-electron chi connectivity index (χ1n) is 6.82. The van der Waals surface area contributed by atoms with E-state index in [4.69, 9.17) is 0 Å². The molecule has 0 aliphatic heterocycles. The van der Waals surface area contributed by atoms with Crippen LogP contribution in [0.3, 0.4) is 0 Å². The van der Waals surface area contributed by atoms with Crippen molar-refractivity contribution in [3.63, 3.8) is 0 Å². The number of hydrogen-bond acceptors (Lipinski definition) is 5. The summed E-state index contributed by atoms with van der Waals surface area (Å²) in [5.74, 6) is 0. The van der Waals surface area contributed by atoms with E-state index in [0.29, 0.717) is 12.1 Å². The van der Waals surface area contributed by atoms with Crippen LogP contribution < -0.4 is 4.83 Å². The van der Waals surface area contributed by atoms with Gasteiger partial charge in [0, 0.05) is 12.1 Å². The highest BCUT2D eigenvalue weighted by Gasteiger charge is 2.15. The van der Waals surface area contributed by atoms with Crippen LogP contribution in [0, 0.1) is 10.1 Å². The Labute approximate surface area is 133 Å². The van der Waals surface area contributed by atoms with Crippen LogP contribution in [-0.4, -0.2) is 19.1 Å². The van der Waals surface area contributed by atoms with E-state index in [1.54, 1.807) is 0 Å². The Kier molecular flexibility index (Phi) is 5.07.